The SMILES string of the molecule is CCn1nc(C)cc1C(=O)Nc1nc2cc(C(N)=O)cnc2n1C/C=C/Cn1c(NC(=O)c2cc(C)nn2CC)nc2cc(C(N)=O)cc(Br)c21. The number of primary amides is 2. The molecular weight excluding hydrogens is 722 g/mol. The number of nitrogens with zero attached hydrogens (tertiary/aromatic N) is 9. The maximum Gasteiger partial charge on any atom is 0.276 e. The Morgan fingerprint density at radius 2 is 1.25 bits per heavy atom. The summed E-state index contributed by atoms with van der Waals surface area (Å²) in [5.74, 6) is -1.69. The third kappa shape index (κ3) is 6.85. The minimum atomic E-state index is -0.661. The van der Waals surface area contributed by atoms with Gasteiger partial charge in [0.2, 0.25) is 23.7 Å². The van der Waals surface area contributed by atoms with E-state index in [4.69, 9.17) is 11.5 Å². The molecule has 6 N–H and O–H groups in total. The first-order valence-electron chi connectivity index (χ1n) is 15.9. The van der Waals surface area contributed by atoms with Crippen molar-refractivity contribution >= 4 is 73.7 Å². The van der Waals surface area contributed by atoms with Gasteiger partial charge in [0.1, 0.15) is 16.9 Å². The summed E-state index contributed by atoms with van der Waals surface area (Å²) in [5.41, 5.74) is 15.4. The Labute approximate surface area is 298 Å². The number of halogens is 1. The number of carbonyl (C=O) groups excluding carboxylic acids is 4. The molecule has 262 valence electrons. The number of amides is 4. The quantitative estimate of drug-likeness (QED) is 0.134. The van der Waals surface area contributed by atoms with Crippen LogP contribution in [0.15, 0.2) is 53.2 Å². The summed E-state index contributed by atoms with van der Waals surface area (Å²) in [4.78, 5) is 64.3. The smallest absolute Gasteiger partial charge is 0.276 e. The zero-order valence-corrected chi connectivity index (χ0v) is 29.7. The lowest BCUT2D eigenvalue weighted by atomic mass is 10.2. The predicted molar refractivity (Wildman–Crippen MR) is 192 cm³/mol. The van der Waals surface area contributed by atoms with Crippen molar-refractivity contribution in [2.45, 2.75) is 53.9 Å². The maximum atomic E-state index is 13.4. The second-order valence-corrected chi connectivity index (χ2v) is 12.4. The fourth-order valence-corrected chi connectivity index (χ4v) is 6.34. The third-order valence-corrected chi connectivity index (χ3v) is 8.62. The molecule has 6 aromatic rings. The molecule has 0 saturated carbocycles. The van der Waals surface area contributed by atoms with Crippen LogP contribution in [0.4, 0.5) is 11.9 Å². The fourth-order valence-electron chi connectivity index (χ4n) is 5.68. The summed E-state index contributed by atoms with van der Waals surface area (Å²) in [6.07, 6.45) is 5.03. The van der Waals surface area contributed by atoms with Gasteiger partial charge in [0.15, 0.2) is 5.65 Å². The summed E-state index contributed by atoms with van der Waals surface area (Å²) >= 11 is 3.54. The highest BCUT2D eigenvalue weighted by Crippen LogP contribution is 2.30. The van der Waals surface area contributed by atoms with E-state index in [0.717, 1.165) is 0 Å². The van der Waals surface area contributed by atoms with Gasteiger partial charge in [-0.25, -0.2) is 15.0 Å². The monoisotopic (exact) mass is 755 g/mol. The van der Waals surface area contributed by atoms with Gasteiger partial charge in [-0.2, -0.15) is 10.2 Å². The Bertz CT molecular complexity index is 2400. The second kappa shape index (κ2) is 14.0. The van der Waals surface area contributed by atoms with E-state index >= 15 is 0 Å². The molecule has 0 spiro atoms. The minimum Gasteiger partial charge on any atom is -0.366 e. The number of hydrogen-bond acceptors (Lipinski definition) is 9. The first-order valence-corrected chi connectivity index (χ1v) is 16.7. The van der Waals surface area contributed by atoms with E-state index in [9.17, 15) is 19.2 Å². The van der Waals surface area contributed by atoms with Gasteiger partial charge in [0.05, 0.1) is 28.0 Å². The molecule has 4 amide bonds. The fraction of sp³-hybridized carbons (Fsp3) is 0.242. The number of carbonyl (C=O) groups is 4. The Kier molecular flexibility index (Phi) is 9.51. The number of fused-ring (bicyclic) bond motifs is 2. The van der Waals surface area contributed by atoms with E-state index in [1.807, 2.05) is 26.0 Å². The lowest BCUT2D eigenvalue weighted by molar-refractivity contribution is 0.0991. The van der Waals surface area contributed by atoms with E-state index in [1.165, 1.54) is 12.3 Å². The van der Waals surface area contributed by atoms with Crippen LogP contribution in [-0.4, -0.2) is 67.3 Å². The lowest BCUT2D eigenvalue weighted by Crippen LogP contribution is -2.20. The molecule has 18 heteroatoms. The maximum absolute atomic E-state index is 13.4. The predicted octanol–water partition coefficient (Wildman–Crippen LogP) is 3.55. The van der Waals surface area contributed by atoms with Gasteiger partial charge in [-0.1, -0.05) is 12.2 Å². The number of hydrogen-bond donors (Lipinski definition) is 4. The van der Waals surface area contributed by atoms with Gasteiger partial charge < -0.3 is 16.0 Å². The molecule has 0 bridgehead atoms. The molecule has 0 unspecified atom stereocenters. The molecule has 0 aliphatic heterocycles. The van der Waals surface area contributed by atoms with Crippen LogP contribution < -0.4 is 22.1 Å². The van der Waals surface area contributed by atoms with E-state index in [2.05, 4.69) is 51.7 Å². The number of aryl methyl sites for hydroxylation is 4. The molecule has 1 aromatic carbocycles. The van der Waals surface area contributed by atoms with Crippen molar-refractivity contribution < 1.29 is 19.2 Å². The number of rotatable bonds is 12. The van der Waals surface area contributed by atoms with Crippen molar-refractivity contribution in [1.29, 1.82) is 0 Å². The molecule has 0 atom stereocenters. The molecule has 0 radical (unpaired) electrons. The number of anilines is 2. The largest absolute Gasteiger partial charge is 0.366 e. The van der Waals surface area contributed by atoms with Gasteiger partial charge in [0, 0.05) is 42.4 Å². The number of nitrogens with one attached hydrogen (secondary N) is 2. The van der Waals surface area contributed by atoms with Crippen molar-refractivity contribution in [1.82, 2.24) is 43.6 Å². The van der Waals surface area contributed by atoms with Crippen LogP contribution in [0, 0.1) is 13.8 Å². The summed E-state index contributed by atoms with van der Waals surface area (Å²) < 4.78 is 7.20. The van der Waals surface area contributed by atoms with Gasteiger partial charge in [-0.3, -0.25) is 43.7 Å². The van der Waals surface area contributed by atoms with Crippen LogP contribution in [0.5, 0.6) is 0 Å². The van der Waals surface area contributed by atoms with Crippen LogP contribution in [0.3, 0.4) is 0 Å². The number of benzene rings is 1. The van der Waals surface area contributed by atoms with Gasteiger partial charge in [-0.15, -0.1) is 0 Å². The second-order valence-electron chi connectivity index (χ2n) is 11.6. The minimum absolute atomic E-state index is 0.170. The molecule has 0 aliphatic rings. The van der Waals surface area contributed by atoms with Crippen molar-refractivity contribution in [3.8, 4) is 0 Å². The number of pyridine rings is 1. The van der Waals surface area contributed by atoms with E-state index < -0.39 is 23.6 Å². The van der Waals surface area contributed by atoms with E-state index in [-0.39, 0.29) is 36.1 Å². The average Bonchev–Trinajstić information content (AvgIpc) is 3.85. The summed E-state index contributed by atoms with van der Waals surface area (Å²) in [5, 5.41) is 14.5. The Morgan fingerprint density at radius 3 is 1.80 bits per heavy atom. The highest BCUT2D eigenvalue weighted by Gasteiger charge is 2.22. The van der Waals surface area contributed by atoms with Crippen molar-refractivity contribution in [2.75, 3.05) is 10.6 Å². The van der Waals surface area contributed by atoms with Gasteiger partial charge in [-0.05, 0) is 74.0 Å². The van der Waals surface area contributed by atoms with Crippen molar-refractivity contribution in [3.05, 3.63) is 87.1 Å². The average molecular weight is 757 g/mol. The first kappa shape index (κ1) is 34.7. The topological polar surface area (TPSA) is 229 Å². The molecular formula is C33H34BrN13O4. The van der Waals surface area contributed by atoms with Crippen LogP contribution in [0.1, 0.15) is 66.9 Å². The molecule has 5 aromatic heterocycles. The summed E-state index contributed by atoms with van der Waals surface area (Å²) in [7, 11) is 0. The first-order chi connectivity index (χ1) is 24.4. The molecule has 17 nitrogen and oxygen atoms in total. The standard InChI is InChI=1S/C33H34BrN13O4/c1-5-46-24(11-17(3)42-46)30(50)40-32-38-22-14-19(27(35)48)13-21(34)26(22)44(32)9-7-8-10-45-29-23(15-20(16-37-29)28(36)49)39-33(45)41-31(51)25-12-18(4)43-47(25)6-2/h7-8,11-16H,5-6,9-10H2,1-4H3,(H2,35,48)(H2,36,49)(H,38,40,50)(H,39,41,51)/b8-7+. The van der Waals surface area contributed by atoms with Crippen molar-refractivity contribution in [2.24, 2.45) is 11.5 Å². The molecule has 0 saturated heterocycles. The Balaban J connectivity index is 1.34. The Hall–Kier alpha value is -6.17. The molecule has 5 heterocycles. The van der Waals surface area contributed by atoms with Gasteiger partial charge in [0.25, 0.3) is 11.8 Å². The normalized spacial score (nSPS) is 11.5. The van der Waals surface area contributed by atoms with Crippen LogP contribution in [0.2, 0.25) is 0 Å². The van der Waals surface area contributed by atoms with Gasteiger partial charge >= 0.3 is 0 Å². The molecule has 51 heavy (non-hydrogen) atoms. The number of imidazole rings is 2. The molecule has 0 aliphatic carbocycles. The summed E-state index contributed by atoms with van der Waals surface area (Å²) in [6, 6.07) is 8.04. The van der Waals surface area contributed by atoms with E-state index in [0.29, 0.717) is 62.5 Å². The zero-order chi connectivity index (χ0) is 36.6. The highest BCUT2D eigenvalue weighted by molar-refractivity contribution is 9.10. The zero-order valence-electron chi connectivity index (χ0n) is 28.1. The third-order valence-electron chi connectivity index (χ3n) is 8.01. The number of allylic oxidation sites excluding steroid dienone is 2. The van der Waals surface area contributed by atoms with E-state index in [1.54, 1.807) is 56.6 Å². The summed E-state index contributed by atoms with van der Waals surface area (Å²) in [6.45, 7) is 8.80. The Morgan fingerprint density at radius 1 is 0.745 bits per heavy atom. The van der Waals surface area contributed by atoms with Crippen LogP contribution in [0.25, 0.3) is 22.2 Å². The van der Waals surface area contributed by atoms with Crippen LogP contribution in [-0.2, 0) is 26.2 Å². The number of nitrogens with two attached hydrogens (primary N) is 2. The van der Waals surface area contributed by atoms with Crippen molar-refractivity contribution in [3.63, 3.8) is 0 Å². The van der Waals surface area contributed by atoms with Crippen LogP contribution >= 0.6 is 15.9 Å². The highest BCUT2D eigenvalue weighted by atomic mass is 79.9. The number of aromatic nitrogens is 9. The molecule has 0 fully saturated rings. The lowest BCUT2D eigenvalue weighted by Gasteiger charge is -2.10. The molecule has 6 rings (SSSR count).